The molecule has 0 bridgehead atoms. The van der Waals surface area contributed by atoms with E-state index < -0.39 is 0 Å². The van der Waals surface area contributed by atoms with Gasteiger partial charge in [0.1, 0.15) is 0 Å². The Morgan fingerprint density at radius 2 is 0.460 bits per heavy atom. The molecule has 8 heteroatoms. The summed E-state index contributed by atoms with van der Waals surface area (Å²) < 4.78 is 9.39. The molecule has 574 valence electrons. The Bertz CT molecular complexity index is 8870. The second kappa shape index (κ2) is 27.4. The van der Waals surface area contributed by atoms with Crippen LogP contribution >= 0.6 is 0 Å². The average Bonchev–Trinajstić information content (AvgIpc) is 1.55. The maximum Gasteiger partial charge on any atom is 0.235 e. The fraction of sp³-hybridized carbons (Fsp3) is 0. The number of hydrogen-bond donors (Lipinski definition) is 0. The van der Waals surface area contributed by atoms with Gasteiger partial charge in [0.2, 0.25) is 11.9 Å². The average molecular weight is 1580 g/mol. The second-order valence-corrected chi connectivity index (χ2v) is 32.6. The van der Waals surface area contributed by atoms with Gasteiger partial charge in [-0.25, -0.2) is 19.9 Å². The molecule has 124 heavy (non-hydrogen) atoms. The molecular weight excluding hydrogens is 1510 g/mol. The van der Waals surface area contributed by atoms with Gasteiger partial charge in [0.25, 0.3) is 0 Å². The van der Waals surface area contributed by atoms with Gasteiger partial charge in [0, 0.05) is 76.4 Å². The molecule has 0 fully saturated rings. The summed E-state index contributed by atoms with van der Waals surface area (Å²) in [6.45, 7) is 0. The van der Waals surface area contributed by atoms with Crippen LogP contribution in [0, 0.1) is 0 Å². The molecule has 27 aromatic rings. The molecular formula is C116H70N8. The van der Waals surface area contributed by atoms with Crippen LogP contribution in [0.25, 0.3) is 253 Å². The Morgan fingerprint density at radius 1 is 0.153 bits per heavy atom. The first-order valence-electron chi connectivity index (χ1n) is 42.4. The molecule has 0 spiro atoms. The predicted molar refractivity (Wildman–Crippen MR) is 519 cm³/mol. The molecule has 0 N–H and O–H groups in total. The highest BCUT2D eigenvalue weighted by atomic mass is 15.2. The molecule has 0 saturated heterocycles. The maximum absolute atomic E-state index is 5.47. The SMILES string of the molecule is c1ccc(-n2c3cccc4ccc5c(-c6ccc7c(c6)c6ccccc6n7-c6nc(-c7cccc8ccccc78)cc(-c7cccc8ccccc78)n6)ccc2c5c43)cc1.c1ccc2c(-c3cc(-c4cccc5ccccc45)nc(-n4c5ccccc5c5cc(-c6ccc7c8c6ccc6cccc(c68)n7-c6cccc7ccccc67)ccc54)n3)cccc2c1. The van der Waals surface area contributed by atoms with Gasteiger partial charge < -0.3 is 9.13 Å². The van der Waals surface area contributed by atoms with E-state index in [-0.39, 0.29) is 0 Å². The lowest BCUT2D eigenvalue weighted by Gasteiger charge is -2.14. The smallest absolute Gasteiger partial charge is 0.235 e. The second-order valence-electron chi connectivity index (χ2n) is 32.6. The van der Waals surface area contributed by atoms with E-state index >= 15 is 0 Å². The van der Waals surface area contributed by atoms with Crippen LogP contribution in [0.1, 0.15) is 0 Å². The summed E-state index contributed by atoms with van der Waals surface area (Å²) in [5, 5.41) is 26.7. The normalized spacial score (nSPS) is 12.0. The van der Waals surface area contributed by atoms with Crippen LogP contribution in [-0.4, -0.2) is 38.2 Å². The Labute approximate surface area is 711 Å². The molecule has 8 nitrogen and oxygen atoms in total. The van der Waals surface area contributed by atoms with Gasteiger partial charge in [-0.15, -0.1) is 0 Å². The van der Waals surface area contributed by atoms with Crippen LogP contribution in [-0.2, 0) is 0 Å². The third-order valence-electron chi connectivity index (χ3n) is 26.0. The van der Waals surface area contributed by atoms with Gasteiger partial charge in [-0.2, -0.15) is 0 Å². The number of benzene rings is 21. The molecule has 0 unspecified atom stereocenters. The van der Waals surface area contributed by atoms with Crippen LogP contribution in [0.5, 0.6) is 0 Å². The van der Waals surface area contributed by atoms with Crippen molar-refractivity contribution in [3.8, 4) is 90.6 Å². The number of nitrogens with zero attached hydrogens (tertiary/aromatic N) is 8. The van der Waals surface area contributed by atoms with Gasteiger partial charge in [-0.05, 0) is 183 Å². The molecule has 0 amide bonds. The fourth-order valence-corrected chi connectivity index (χ4v) is 20.5. The molecule has 0 atom stereocenters. The van der Waals surface area contributed by atoms with E-state index in [2.05, 4.69) is 443 Å². The van der Waals surface area contributed by atoms with Crippen molar-refractivity contribution in [3.05, 3.63) is 425 Å². The summed E-state index contributed by atoms with van der Waals surface area (Å²) in [5.74, 6) is 1.28. The first kappa shape index (κ1) is 69.3. The topological polar surface area (TPSA) is 71.3 Å². The first-order valence-corrected chi connectivity index (χ1v) is 42.4. The van der Waals surface area contributed by atoms with E-state index in [0.717, 1.165) is 110 Å². The Hall–Kier alpha value is -16.7. The lowest BCUT2D eigenvalue weighted by Crippen LogP contribution is -2.04. The maximum atomic E-state index is 5.47. The molecule has 0 aliphatic rings. The highest BCUT2D eigenvalue weighted by Crippen LogP contribution is 2.49. The lowest BCUT2D eigenvalue weighted by molar-refractivity contribution is 0.996. The van der Waals surface area contributed by atoms with E-state index in [1.165, 1.54) is 131 Å². The van der Waals surface area contributed by atoms with Crippen molar-refractivity contribution in [1.29, 1.82) is 0 Å². The summed E-state index contributed by atoms with van der Waals surface area (Å²) in [6, 6.07) is 153. The van der Waals surface area contributed by atoms with Gasteiger partial charge in [-0.3, -0.25) is 9.13 Å². The zero-order chi connectivity index (χ0) is 81.2. The predicted octanol–water partition coefficient (Wildman–Crippen LogP) is 30.3. The van der Waals surface area contributed by atoms with Gasteiger partial charge in [0.05, 0.1) is 72.6 Å². The van der Waals surface area contributed by atoms with Crippen LogP contribution in [0.4, 0.5) is 0 Å². The van der Waals surface area contributed by atoms with Crippen molar-refractivity contribution in [2.75, 3.05) is 0 Å². The van der Waals surface area contributed by atoms with Crippen LogP contribution in [0.3, 0.4) is 0 Å². The van der Waals surface area contributed by atoms with Gasteiger partial charge in [0.15, 0.2) is 0 Å². The molecule has 6 aromatic heterocycles. The fourth-order valence-electron chi connectivity index (χ4n) is 20.5. The summed E-state index contributed by atoms with van der Waals surface area (Å²) in [6.07, 6.45) is 0. The van der Waals surface area contributed by atoms with Crippen molar-refractivity contribution in [1.82, 2.24) is 38.2 Å². The van der Waals surface area contributed by atoms with E-state index in [9.17, 15) is 0 Å². The summed E-state index contributed by atoms with van der Waals surface area (Å²) in [4.78, 5) is 21.8. The first-order chi connectivity index (χ1) is 61.5. The zero-order valence-electron chi connectivity index (χ0n) is 67.0. The van der Waals surface area contributed by atoms with Crippen molar-refractivity contribution >= 4 is 163 Å². The third-order valence-corrected chi connectivity index (χ3v) is 26.0. The minimum absolute atomic E-state index is 0.639. The molecule has 0 aliphatic heterocycles. The number of hydrogen-bond acceptors (Lipinski definition) is 4. The molecule has 6 heterocycles. The van der Waals surface area contributed by atoms with Crippen molar-refractivity contribution < 1.29 is 0 Å². The Kier molecular flexibility index (Phi) is 15.3. The monoisotopic (exact) mass is 1570 g/mol. The Balaban J connectivity index is 0.000000133. The van der Waals surface area contributed by atoms with Crippen LogP contribution < -0.4 is 0 Å². The zero-order valence-corrected chi connectivity index (χ0v) is 67.0. The van der Waals surface area contributed by atoms with E-state index in [0.29, 0.717) is 11.9 Å². The summed E-state index contributed by atoms with van der Waals surface area (Å²) in [7, 11) is 0. The number of rotatable bonds is 10. The summed E-state index contributed by atoms with van der Waals surface area (Å²) >= 11 is 0. The van der Waals surface area contributed by atoms with E-state index in [1.54, 1.807) is 0 Å². The summed E-state index contributed by atoms with van der Waals surface area (Å²) in [5.41, 5.74) is 24.1. The third kappa shape index (κ3) is 10.6. The van der Waals surface area contributed by atoms with Crippen LogP contribution in [0.15, 0.2) is 425 Å². The standard InChI is InChI=1S/C60H36N4.C56H34N4/c1-4-20-42-37(13-1)16-9-24-46(42)51-36-52(47-25-10-17-38-14-2-5-21-43(38)47)62-60(61-51)64-54-26-8-7-23-48(54)50-35-41(30-33-55(50)64)44-32-34-57-59-49(44)31-29-40-19-12-28-56(58(40)59)63(57)53-27-11-18-39-15-3-6-22-45(39)53;1-2-18-39(19-3-1)59-52-26-12-17-37-27-29-46-42(30-32-53(59)55(46)54(37)52)38-28-31-51-47(33-38)45-22-8-9-25-50(45)60(51)56-57-48(43-23-10-15-35-13-4-6-20-40(35)43)34-49(58-56)44-24-11-16-36-14-5-7-21-41(36)44/h1-36H;1-34H. The quantitative estimate of drug-likeness (QED) is 0.128. The van der Waals surface area contributed by atoms with Gasteiger partial charge >= 0.3 is 0 Å². The van der Waals surface area contributed by atoms with Gasteiger partial charge in [-0.1, -0.05) is 334 Å². The molecule has 21 aromatic carbocycles. The van der Waals surface area contributed by atoms with E-state index in [4.69, 9.17) is 19.9 Å². The van der Waals surface area contributed by atoms with Crippen molar-refractivity contribution in [2.45, 2.75) is 0 Å². The lowest BCUT2D eigenvalue weighted by atomic mass is 9.94. The Morgan fingerprint density at radius 3 is 0.895 bits per heavy atom. The highest BCUT2D eigenvalue weighted by molar-refractivity contribution is 6.29. The number of para-hydroxylation sites is 3. The van der Waals surface area contributed by atoms with Crippen LogP contribution in [0.2, 0.25) is 0 Å². The molecule has 0 aliphatic carbocycles. The number of aromatic nitrogens is 8. The molecule has 27 rings (SSSR count). The van der Waals surface area contributed by atoms with Crippen molar-refractivity contribution in [3.63, 3.8) is 0 Å². The minimum Gasteiger partial charge on any atom is -0.309 e. The minimum atomic E-state index is 0.639. The largest absolute Gasteiger partial charge is 0.309 e. The highest BCUT2D eigenvalue weighted by Gasteiger charge is 2.27. The van der Waals surface area contributed by atoms with Crippen molar-refractivity contribution in [2.24, 2.45) is 0 Å². The molecule has 0 saturated carbocycles. The molecule has 0 radical (unpaired) electrons. The number of fused-ring (bicyclic) bond motifs is 11. The van der Waals surface area contributed by atoms with E-state index in [1.807, 2.05) is 0 Å².